The molecule has 4 heteroatoms. The van der Waals surface area contributed by atoms with Gasteiger partial charge in [0.2, 0.25) is 5.91 Å². The van der Waals surface area contributed by atoms with Gasteiger partial charge in [0.1, 0.15) is 0 Å². The third kappa shape index (κ3) is 4.18. The fraction of sp³-hybridized carbons (Fsp3) is 0.909. The van der Waals surface area contributed by atoms with E-state index in [1.165, 1.54) is 12.8 Å². The predicted octanol–water partition coefficient (Wildman–Crippen LogP) is 0.182. The number of piperidine rings is 1. The molecule has 0 radical (unpaired) electrons. The van der Waals surface area contributed by atoms with Crippen LogP contribution in [0.15, 0.2) is 0 Å². The standard InChI is InChI=1S/C11H23N3O/c1-9-3-6-14(10(2)7-9)8-11(15)13-5-4-12/h9-10H,3-8,12H2,1-2H3,(H,13,15). The zero-order valence-electron chi connectivity index (χ0n) is 9.83. The van der Waals surface area contributed by atoms with Gasteiger partial charge in [-0.15, -0.1) is 0 Å². The van der Waals surface area contributed by atoms with E-state index < -0.39 is 0 Å². The number of hydrogen-bond acceptors (Lipinski definition) is 3. The minimum absolute atomic E-state index is 0.0989. The summed E-state index contributed by atoms with van der Waals surface area (Å²) in [6, 6.07) is 0.525. The molecule has 2 unspecified atom stereocenters. The fourth-order valence-electron chi connectivity index (χ4n) is 2.14. The van der Waals surface area contributed by atoms with Gasteiger partial charge < -0.3 is 11.1 Å². The molecule has 4 nitrogen and oxygen atoms in total. The average Bonchev–Trinajstić information content (AvgIpc) is 2.19. The zero-order valence-corrected chi connectivity index (χ0v) is 9.83. The van der Waals surface area contributed by atoms with E-state index in [0.717, 1.165) is 12.5 Å². The summed E-state index contributed by atoms with van der Waals surface area (Å²) in [5.41, 5.74) is 5.33. The van der Waals surface area contributed by atoms with Gasteiger partial charge in [-0.25, -0.2) is 0 Å². The molecule has 0 bridgehead atoms. The molecule has 0 spiro atoms. The van der Waals surface area contributed by atoms with Crippen LogP contribution in [0, 0.1) is 5.92 Å². The number of likely N-dealkylation sites (tertiary alicyclic amines) is 1. The Morgan fingerprint density at radius 1 is 1.53 bits per heavy atom. The van der Waals surface area contributed by atoms with Crippen molar-refractivity contribution in [1.29, 1.82) is 0 Å². The van der Waals surface area contributed by atoms with Gasteiger partial charge >= 0.3 is 0 Å². The SMILES string of the molecule is CC1CCN(CC(=O)NCCN)C(C)C1. The van der Waals surface area contributed by atoms with Crippen LogP contribution in [0.1, 0.15) is 26.7 Å². The maximum Gasteiger partial charge on any atom is 0.234 e. The summed E-state index contributed by atoms with van der Waals surface area (Å²) in [7, 11) is 0. The van der Waals surface area contributed by atoms with Crippen molar-refractivity contribution in [2.75, 3.05) is 26.2 Å². The summed E-state index contributed by atoms with van der Waals surface area (Å²) in [6.07, 6.45) is 2.40. The highest BCUT2D eigenvalue weighted by molar-refractivity contribution is 5.78. The molecule has 0 aliphatic carbocycles. The summed E-state index contributed by atoms with van der Waals surface area (Å²) in [5, 5.41) is 2.81. The lowest BCUT2D eigenvalue weighted by Gasteiger charge is -2.35. The number of hydrogen-bond donors (Lipinski definition) is 2. The van der Waals surface area contributed by atoms with E-state index in [4.69, 9.17) is 5.73 Å². The Morgan fingerprint density at radius 3 is 2.87 bits per heavy atom. The van der Waals surface area contributed by atoms with Gasteiger partial charge in [-0.1, -0.05) is 6.92 Å². The molecule has 0 aromatic carbocycles. The predicted molar refractivity (Wildman–Crippen MR) is 61.5 cm³/mol. The van der Waals surface area contributed by atoms with Crippen LogP contribution >= 0.6 is 0 Å². The lowest BCUT2D eigenvalue weighted by atomic mass is 9.93. The van der Waals surface area contributed by atoms with Gasteiger partial charge in [0.15, 0.2) is 0 Å². The quantitative estimate of drug-likeness (QED) is 0.700. The Bertz CT molecular complexity index is 208. The summed E-state index contributed by atoms with van der Waals surface area (Å²) in [4.78, 5) is 13.7. The highest BCUT2D eigenvalue weighted by atomic mass is 16.2. The first-order valence-corrected chi connectivity index (χ1v) is 5.84. The van der Waals surface area contributed by atoms with E-state index in [1.807, 2.05) is 0 Å². The van der Waals surface area contributed by atoms with Crippen molar-refractivity contribution in [3.8, 4) is 0 Å². The van der Waals surface area contributed by atoms with Crippen molar-refractivity contribution in [2.24, 2.45) is 11.7 Å². The topological polar surface area (TPSA) is 58.4 Å². The molecule has 0 aromatic rings. The molecular weight excluding hydrogens is 190 g/mol. The smallest absolute Gasteiger partial charge is 0.234 e. The van der Waals surface area contributed by atoms with Crippen molar-refractivity contribution in [3.05, 3.63) is 0 Å². The number of nitrogens with two attached hydrogens (primary N) is 1. The molecule has 1 amide bonds. The first kappa shape index (κ1) is 12.5. The summed E-state index contributed by atoms with van der Waals surface area (Å²) in [5.74, 6) is 0.894. The molecule has 1 heterocycles. The molecule has 15 heavy (non-hydrogen) atoms. The molecule has 0 saturated carbocycles. The van der Waals surface area contributed by atoms with E-state index in [2.05, 4.69) is 24.1 Å². The van der Waals surface area contributed by atoms with Gasteiger partial charge in [0, 0.05) is 19.1 Å². The van der Waals surface area contributed by atoms with Crippen molar-refractivity contribution < 1.29 is 4.79 Å². The molecule has 1 aliphatic rings. The van der Waals surface area contributed by atoms with E-state index in [-0.39, 0.29) is 5.91 Å². The van der Waals surface area contributed by atoms with Gasteiger partial charge in [0.05, 0.1) is 6.54 Å². The van der Waals surface area contributed by atoms with Crippen LogP contribution in [0.4, 0.5) is 0 Å². The van der Waals surface area contributed by atoms with Gasteiger partial charge in [-0.05, 0) is 32.2 Å². The second kappa shape index (κ2) is 6.08. The lowest BCUT2D eigenvalue weighted by Crippen LogP contribution is -2.46. The minimum atomic E-state index is 0.0989. The third-order valence-electron chi connectivity index (χ3n) is 3.09. The molecule has 1 saturated heterocycles. The average molecular weight is 213 g/mol. The van der Waals surface area contributed by atoms with Crippen LogP contribution in [0.25, 0.3) is 0 Å². The third-order valence-corrected chi connectivity index (χ3v) is 3.09. The van der Waals surface area contributed by atoms with Crippen molar-refractivity contribution in [3.63, 3.8) is 0 Å². The maximum absolute atomic E-state index is 11.5. The first-order valence-electron chi connectivity index (χ1n) is 5.84. The highest BCUT2D eigenvalue weighted by Crippen LogP contribution is 2.21. The summed E-state index contributed by atoms with van der Waals surface area (Å²) >= 11 is 0. The number of rotatable bonds is 4. The molecule has 1 rings (SSSR count). The second-order valence-corrected chi connectivity index (χ2v) is 4.59. The van der Waals surface area contributed by atoms with Crippen LogP contribution < -0.4 is 11.1 Å². The summed E-state index contributed by atoms with van der Waals surface area (Å²) in [6.45, 7) is 7.14. The molecule has 3 N–H and O–H groups in total. The highest BCUT2D eigenvalue weighted by Gasteiger charge is 2.23. The Balaban J connectivity index is 2.28. The van der Waals surface area contributed by atoms with Crippen molar-refractivity contribution in [2.45, 2.75) is 32.7 Å². The van der Waals surface area contributed by atoms with E-state index >= 15 is 0 Å². The maximum atomic E-state index is 11.5. The summed E-state index contributed by atoms with van der Waals surface area (Å²) < 4.78 is 0. The molecular formula is C11H23N3O. The van der Waals surface area contributed by atoms with E-state index in [1.54, 1.807) is 0 Å². The minimum Gasteiger partial charge on any atom is -0.354 e. The normalized spacial score (nSPS) is 27.7. The Labute approximate surface area is 92.2 Å². The Kier molecular flexibility index (Phi) is 5.05. The lowest BCUT2D eigenvalue weighted by molar-refractivity contribution is -0.123. The Morgan fingerprint density at radius 2 is 2.27 bits per heavy atom. The van der Waals surface area contributed by atoms with Crippen molar-refractivity contribution in [1.82, 2.24) is 10.2 Å². The number of nitrogens with one attached hydrogen (secondary N) is 1. The van der Waals surface area contributed by atoms with Crippen LogP contribution in [0.3, 0.4) is 0 Å². The van der Waals surface area contributed by atoms with Gasteiger partial charge in [-0.2, -0.15) is 0 Å². The van der Waals surface area contributed by atoms with Crippen molar-refractivity contribution >= 4 is 5.91 Å². The first-order chi connectivity index (χ1) is 7.13. The molecule has 2 atom stereocenters. The van der Waals surface area contributed by atoms with Crippen LogP contribution in [0.5, 0.6) is 0 Å². The molecule has 1 aliphatic heterocycles. The molecule has 88 valence electrons. The van der Waals surface area contributed by atoms with Gasteiger partial charge in [0.25, 0.3) is 0 Å². The second-order valence-electron chi connectivity index (χ2n) is 4.59. The van der Waals surface area contributed by atoms with Crippen LogP contribution in [-0.4, -0.2) is 43.0 Å². The number of nitrogens with zero attached hydrogens (tertiary/aromatic N) is 1. The number of amides is 1. The monoisotopic (exact) mass is 213 g/mol. The largest absolute Gasteiger partial charge is 0.354 e. The number of carbonyl (C=O) groups is 1. The molecule has 0 aromatic heterocycles. The molecule has 1 fully saturated rings. The van der Waals surface area contributed by atoms with E-state index in [0.29, 0.717) is 25.7 Å². The van der Waals surface area contributed by atoms with E-state index in [9.17, 15) is 4.79 Å². The fourth-order valence-corrected chi connectivity index (χ4v) is 2.14. The van der Waals surface area contributed by atoms with Crippen LogP contribution in [-0.2, 0) is 4.79 Å². The Hall–Kier alpha value is -0.610. The number of carbonyl (C=O) groups excluding carboxylic acids is 1. The van der Waals surface area contributed by atoms with Crippen LogP contribution in [0.2, 0.25) is 0 Å². The van der Waals surface area contributed by atoms with Gasteiger partial charge in [-0.3, -0.25) is 9.69 Å². The zero-order chi connectivity index (χ0) is 11.3.